The van der Waals surface area contributed by atoms with E-state index in [0.717, 1.165) is 0 Å². The average molecular weight is 361 g/mol. The van der Waals surface area contributed by atoms with Crippen LogP contribution in [0.25, 0.3) is 0 Å². The zero-order chi connectivity index (χ0) is 18.6. The molecule has 1 heteroatoms. The maximum atomic E-state index is 4.24. The lowest BCUT2D eigenvalue weighted by atomic mass is 9.89. The van der Waals surface area contributed by atoms with Crippen LogP contribution < -0.4 is 10.4 Å². The topological polar surface area (TPSA) is 0 Å². The van der Waals surface area contributed by atoms with Crippen LogP contribution in [0.1, 0.15) is 52.9 Å². The maximum absolute atomic E-state index is 4.24. The summed E-state index contributed by atoms with van der Waals surface area (Å²) in [5, 5.41) is 4.67. The summed E-state index contributed by atoms with van der Waals surface area (Å²) in [5.41, 5.74) is 3.54. The third kappa shape index (κ3) is 3.27. The monoisotopic (exact) mass is 360 g/mol. The quantitative estimate of drug-likeness (QED) is 0.472. The summed E-state index contributed by atoms with van der Waals surface area (Å²) in [4.78, 5) is 0. The van der Waals surface area contributed by atoms with Gasteiger partial charge in [-0.2, -0.15) is 0 Å². The van der Waals surface area contributed by atoms with Crippen molar-refractivity contribution in [3.8, 4) is 0 Å². The summed E-state index contributed by atoms with van der Waals surface area (Å²) in [6, 6.07) is 22.5. The Labute approximate surface area is 160 Å². The molecule has 1 saturated carbocycles. The minimum Gasteiger partial charge on any atom is -0.133 e. The zero-order valence-corrected chi connectivity index (χ0v) is 17.6. The van der Waals surface area contributed by atoms with Crippen molar-refractivity contribution in [2.45, 2.75) is 57.9 Å². The third-order valence-electron chi connectivity index (χ3n) is 6.15. The van der Waals surface area contributed by atoms with Crippen LogP contribution in [0, 0.1) is 5.92 Å². The van der Waals surface area contributed by atoms with Crippen molar-refractivity contribution in [1.29, 1.82) is 0 Å². The third-order valence-corrected chi connectivity index (χ3v) is 12.2. The van der Waals surface area contributed by atoms with Crippen LogP contribution in [-0.2, 0) is 0 Å². The van der Waals surface area contributed by atoms with E-state index in [2.05, 4.69) is 93.7 Å². The number of allylic oxidation sites excluding steroid dienone is 1. The predicted octanol–water partition coefficient (Wildman–Crippen LogP) is 5.88. The van der Waals surface area contributed by atoms with Gasteiger partial charge >= 0.3 is 0 Å². The van der Waals surface area contributed by atoms with Crippen LogP contribution in [0.2, 0.25) is 5.04 Å². The number of rotatable bonds is 4. The van der Waals surface area contributed by atoms with E-state index in [4.69, 9.17) is 0 Å². The first-order valence-corrected chi connectivity index (χ1v) is 12.0. The molecule has 0 amide bonds. The Hall–Kier alpha value is -1.82. The van der Waals surface area contributed by atoms with E-state index in [1.165, 1.54) is 47.7 Å². The second kappa shape index (κ2) is 7.82. The highest BCUT2D eigenvalue weighted by molar-refractivity contribution is 7.09. The molecule has 0 saturated heterocycles. The molecule has 2 aromatic rings. The molecule has 0 nitrogen and oxygen atoms in total. The van der Waals surface area contributed by atoms with Crippen LogP contribution in [0.4, 0.5) is 0 Å². The van der Waals surface area contributed by atoms with Crippen molar-refractivity contribution >= 4 is 18.4 Å². The summed E-state index contributed by atoms with van der Waals surface area (Å²) in [7, 11) is -2.22. The van der Waals surface area contributed by atoms with Gasteiger partial charge in [0.2, 0.25) is 0 Å². The van der Waals surface area contributed by atoms with Gasteiger partial charge in [-0.25, -0.2) is 0 Å². The van der Waals surface area contributed by atoms with Crippen LogP contribution in [0.5, 0.6) is 0 Å². The van der Waals surface area contributed by atoms with Crippen molar-refractivity contribution in [2.75, 3.05) is 0 Å². The van der Waals surface area contributed by atoms with Crippen LogP contribution in [0.3, 0.4) is 0 Å². The number of benzene rings is 2. The van der Waals surface area contributed by atoms with E-state index in [1.807, 2.05) is 0 Å². The Morgan fingerprint density at radius 3 is 1.69 bits per heavy atom. The molecule has 3 rings (SSSR count). The molecule has 0 unspecified atom stereocenters. The fourth-order valence-corrected chi connectivity index (χ4v) is 11.1. The van der Waals surface area contributed by atoms with Crippen LogP contribution >= 0.6 is 0 Å². The molecule has 0 aliphatic heterocycles. The van der Waals surface area contributed by atoms with Crippen molar-refractivity contribution < 1.29 is 0 Å². The highest BCUT2D eigenvalue weighted by atomic mass is 28.3. The van der Waals surface area contributed by atoms with Crippen molar-refractivity contribution in [2.24, 2.45) is 5.92 Å². The van der Waals surface area contributed by atoms with E-state index >= 15 is 0 Å². The van der Waals surface area contributed by atoms with Gasteiger partial charge in [0.05, 0.1) is 0 Å². The highest BCUT2D eigenvalue weighted by Gasteiger charge is 2.52. The average Bonchev–Trinajstić information content (AvgIpc) is 2.67. The van der Waals surface area contributed by atoms with Gasteiger partial charge in [-0.05, 0) is 39.4 Å². The molecule has 26 heavy (non-hydrogen) atoms. The van der Waals surface area contributed by atoms with E-state index in [-0.39, 0.29) is 5.04 Å². The van der Waals surface area contributed by atoms with Gasteiger partial charge in [0.1, 0.15) is 0 Å². The summed E-state index contributed by atoms with van der Waals surface area (Å²) < 4.78 is 0. The normalized spacial score (nSPS) is 16.1. The Bertz CT molecular complexity index is 715. The lowest BCUT2D eigenvalue weighted by molar-refractivity contribution is 0.411. The van der Waals surface area contributed by atoms with Gasteiger partial charge in [-0.1, -0.05) is 107 Å². The second-order valence-corrected chi connectivity index (χ2v) is 13.4. The Kier molecular flexibility index (Phi) is 5.70. The molecule has 1 aliphatic carbocycles. The fraction of sp³-hybridized carbons (Fsp3) is 0.400. The smallest absolute Gasteiger partial charge is 0.133 e. The minimum absolute atomic E-state index is 0.146. The molecule has 0 heterocycles. The molecule has 0 N–H and O–H groups in total. The molecular formula is C25H32Si. The van der Waals surface area contributed by atoms with E-state index in [1.54, 1.807) is 0 Å². The molecule has 136 valence electrons. The first-order chi connectivity index (χ1) is 12.5. The molecule has 0 spiro atoms. The molecular weight excluding hydrogens is 328 g/mol. The largest absolute Gasteiger partial charge is 0.158 e. The van der Waals surface area contributed by atoms with Gasteiger partial charge in [0.25, 0.3) is 0 Å². The summed E-state index contributed by atoms with van der Waals surface area (Å²) in [5.74, 6) is 0.632. The molecule has 2 aromatic carbocycles. The number of hydrogen-bond donors (Lipinski definition) is 0. The molecule has 0 bridgehead atoms. The fourth-order valence-electron chi connectivity index (χ4n) is 5.10. The van der Waals surface area contributed by atoms with Crippen molar-refractivity contribution in [3.63, 3.8) is 0 Å². The summed E-state index contributed by atoms with van der Waals surface area (Å²) in [6.45, 7) is 11.5. The van der Waals surface area contributed by atoms with E-state index in [9.17, 15) is 0 Å². The molecule has 1 fully saturated rings. The van der Waals surface area contributed by atoms with Gasteiger partial charge in [0, 0.05) is 0 Å². The van der Waals surface area contributed by atoms with Gasteiger partial charge < -0.3 is 0 Å². The highest BCUT2D eigenvalue weighted by Crippen LogP contribution is 2.45. The lowest BCUT2D eigenvalue weighted by Crippen LogP contribution is -2.66. The SMILES string of the molecule is C=C=C(C1CCCCC1)[Si](c1ccccc1)(c1ccccc1)C(C)(C)C. The molecule has 0 aromatic heterocycles. The Morgan fingerprint density at radius 2 is 1.31 bits per heavy atom. The number of hydrogen-bond acceptors (Lipinski definition) is 0. The summed E-state index contributed by atoms with van der Waals surface area (Å²) in [6.07, 6.45) is 6.65. The first kappa shape index (κ1) is 19.0. The minimum atomic E-state index is -2.22. The molecule has 1 aliphatic rings. The Morgan fingerprint density at radius 1 is 0.846 bits per heavy atom. The molecule has 0 radical (unpaired) electrons. The first-order valence-electron chi connectivity index (χ1n) is 10.0. The standard InChI is InChI=1S/C25H32Si/c1-5-24(21-15-9-6-10-16-21)26(25(2,3)4,22-17-11-7-12-18-22)23-19-13-8-14-20-23/h7-8,11-14,17-21H,1,6,9-10,15-16H2,2-4H3. The lowest BCUT2D eigenvalue weighted by Gasteiger charge is -2.47. The second-order valence-electron chi connectivity index (χ2n) is 8.66. The van der Waals surface area contributed by atoms with E-state index in [0.29, 0.717) is 5.92 Å². The van der Waals surface area contributed by atoms with E-state index < -0.39 is 8.07 Å². The van der Waals surface area contributed by atoms with Gasteiger partial charge in [-0.3, -0.25) is 0 Å². The Balaban J connectivity index is 2.32. The van der Waals surface area contributed by atoms with Gasteiger partial charge in [-0.15, -0.1) is 5.73 Å². The maximum Gasteiger partial charge on any atom is 0.158 e. The summed E-state index contributed by atoms with van der Waals surface area (Å²) >= 11 is 0. The van der Waals surface area contributed by atoms with Crippen LogP contribution in [0.15, 0.2) is 78.2 Å². The van der Waals surface area contributed by atoms with Crippen LogP contribution in [-0.4, -0.2) is 8.07 Å². The van der Waals surface area contributed by atoms with Crippen molar-refractivity contribution in [1.82, 2.24) is 0 Å². The van der Waals surface area contributed by atoms with Gasteiger partial charge in [0.15, 0.2) is 8.07 Å². The predicted molar refractivity (Wildman–Crippen MR) is 117 cm³/mol. The zero-order valence-electron chi connectivity index (χ0n) is 16.6. The molecule has 0 atom stereocenters. The van der Waals surface area contributed by atoms with Crippen molar-refractivity contribution in [3.05, 3.63) is 78.2 Å².